The highest BCUT2D eigenvalue weighted by atomic mass is 16.5. The summed E-state index contributed by atoms with van der Waals surface area (Å²) in [6.07, 6.45) is 5.95. The van der Waals surface area contributed by atoms with Gasteiger partial charge in [0.25, 0.3) is 0 Å². The van der Waals surface area contributed by atoms with Crippen LogP contribution in [0, 0.1) is 5.92 Å². The molecule has 1 N–H and O–H groups in total. The van der Waals surface area contributed by atoms with Crippen molar-refractivity contribution >= 4 is 12.0 Å². The molecule has 0 bridgehead atoms. The van der Waals surface area contributed by atoms with Crippen molar-refractivity contribution in [3.05, 3.63) is 47.6 Å². The van der Waals surface area contributed by atoms with Gasteiger partial charge in [-0.25, -0.2) is 0 Å². The van der Waals surface area contributed by atoms with Crippen molar-refractivity contribution in [3.8, 4) is 5.75 Å². The summed E-state index contributed by atoms with van der Waals surface area (Å²) in [7, 11) is 1.68. The van der Waals surface area contributed by atoms with E-state index >= 15 is 0 Å². The van der Waals surface area contributed by atoms with E-state index in [0.29, 0.717) is 13.0 Å². The van der Waals surface area contributed by atoms with E-state index < -0.39 is 0 Å². The van der Waals surface area contributed by atoms with Gasteiger partial charge in [0.2, 0.25) is 5.91 Å². The lowest BCUT2D eigenvalue weighted by Crippen LogP contribution is -2.30. The van der Waals surface area contributed by atoms with Crippen LogP contribution in [0.5, 0.6) is 5.75 Å². The highest BCUT2D eigenvalue weighted by molar-refractivity contribution is 5.77. The average Bonchev–Trinajstić information content (AvgIpc) is 2.99. The number of benzene rings is 1. The first-order chi connectivity index (χ1) is 14.1. The van der Waals surface area contributed by atoms with Crippen LogP contribution in [-0.2, 0) is 24.2 Å². The van der Waals surface area contributed by atoms with Gasteiger partial charge in [0.05, 0.1) is 7.11 Å². The van der Waals surface area contributed by atoms with Crippen LogP contribution in [0.1, 0.15) is 31.1 Å². The lowest BCUT2D eigenvalue weighted by molar-refractivity contribution is -0.123. The van der Waals surface area contributed by atoms with Crippen molar-refractivity contribution in [1.82, 2.24) is 25.0 Å². The summed E-state index contributed by atoms with van der Waals surface area (Å²) in [5.74, 6) is 2.95. The third-order valence-electron chi connectivity index (χ3n) is 5.16. The van der Waals surface area contributed by atoms with Crippen molar-refractivity contribution in [2.45, 2.75) is 33.2 Å². The predicted octanol–water partition coefficient (Wildman–Crippen LogP) is 2.17. The third-order valence-corrected chi connectivity index (χ3v) is 5.16. The molecule has 0 unspecified atom stereocenters. The van der Waals surface area contributed by atoms with Crippen LogP contribution in [0.15, 0.2) is 30.3 Å². The Morgan fingerprint density at radius 3 is 2.72 bits per heavy atom. The number of rotatable bonds is 8. The van der Waals surface area contributed by atoms with E-state index in [1.54, 1.807) is 7.11 Å². The van der Waals surface area contributed by atoms with Gasteiger partial charge in [0.1, 0.15) is 17.4 Å². The van der Waals surface area contributed by atoms with E-state index in [9.17, 15) is 4.79 Å². The second-order valence-electron chi connectivity index (χ2n) is 7.61. The number of ether oxygens (including phenoxy) is 1. The minimum Gasteiger partial charge on any atom is -0.497 e. The van der Waals surface area contributed by atoms with Gasteiger partial charge in [-0.1, -0.05) is 38.1 Å². The van der Waals surface area contributed by atoms with E-state index in [1.807, 2.05) is 26.0 Å². The van der Waals surface area contributed by atoms with Crippen LogP contribution in [0.25, 0.3) is 6.08 Å². The summed E-state index contributed by atoms with van der Waals surface area (Å²) in [5.41, 5.74) is 1.17. The lowest BCUT2D eigenvalue weighted by Gasteiger charge is -2.17. The van der Waals surface area contributed by atoms with Crippen LogP contribution < -0.4 is 10.1 Å². The Hall–Kier alpha value is -2.67. The second kappa shape index (κ2) is 10.2. The van der Waals surface area contributed by atoms with E-state index in [-0.39, 0.29) is 11.8 Å². The molecule has 0 saturated heterocycles. The van der Waals surface area contributed by atoms with Gasteiger partial charge >= 0.3 is 0 Å². The Morgan fingerprint density at radius 2 is 2.00 bits per heavy atom. The Balaban J connectivity index is 1.49. The fourth-order valence-electron chi connectivity index (χ4n) is 3.35. The minimum atomic E-state index is 0.00467. The Kier molecular flexibility index (Phi) is 7.41. The number of hydrogen-bond acceptors (Lipinski definition) is 5. The number of hydrogen-bond donors (Lipinski definition) is 1. The molecule has 0 atom stereocenters. The number of fused-ring (bicyclic) bond motifs is 1. The van der Waals surface area contributed by atoms with Crippen LogP contribution >= 0.6 is 0 Å². The monoisotopic (exact) mass is 397 g/mol. The number of nitrogens with zero attached hydrogens (tertiary/aromatic N) is 4. The number of amides is 1. The van der Waals surface area contributed by atoms with Crippen LogP contribution in [0.4, 0.5) is 0 Å². The molecule has 3 rings (SSSR count). The van der Waals surface area contributed by atoms with Crippen molar-refractivity contribution in [1.29, 1.82) is 0 Å². The highest BCUT2D eigenvalue weighted by Crippen LogP contribution is 2.13. The molecule has 0 saturated carbocycles. The molecule has 2 aromatic rings. The molecule has 0 spiro atoms. The normalized spacial score (nSPS) is 14.8. The Morgan fingerprint density at radius 1 is 1.21 bits per heavy atom. The largest absolute Gasteiger partial charge is 0.497 e. The van der Waals surface area contributed by atoms with E-state index in [4.69, 9.17) is 4.74 Å². The van der Waals surface area contributed by atoms with Gasteiger partial charge in [-0.15, -0.1) is 10.2 Å². The number of methoxy groups -OCH3 is 1. The number of nitrogens with one attached hydrogen (secondary N) is 1. The maximum atomic E-state index is 11.7. The summed E-state index contributed by atoms with van der Waals surface area (Å²) in [4.78, 5) is 14.1. The molecule has 7 heteroatoms. The number of carbonyl (C=O) groups is 1. The molecule has 29 heavy (non-hydrogen) atoms. The zero-order valence-electron chi connectivity index (χ0n) is 17.6. The van der Waals surface area contributed by atoms with Crippen molar-refractivity contribution in [2.75, 3.05) is 33.3 Å². The molecule has 0 radical (unpaired) electrons. The molecule has 1 amide bonds. The molecule has 1 aliphatic heterocycles. The van der Waals surface area contributed by atoms with Gasteiger partial charge in [-0.3, -0.25) is 9.69 Å². The van der Waals surface area contributed by atoms with Crippen LogP contribution in [0.2, 0.25) is 0 Å². The quantitative estimate of drug-likeness (QED) is 0.739. The zero-order valence-corrected chi connectivity index (χ0v) is 17.6. The van der Waals surface area contributed by atoms with E-state index in [1.165, 1.54) is 5.56 Å². The van der Waals surface area contributed by atoms with Crippen molar-refractivity contribution in [3.63, 3.8) is 0 Å². The molecule has 1 aliphatic rings. The fraction of sp³-hybridized carbons (Fsp3) is 0.500. The summed E-state index contributed by atoms with van der Waals surface area (Å²) in [6, 6.07) is 8.07. The first kappa shape index (κ1) is 21.0. The van der Waals surface area contributed by atoms with Crippen LogP contribution in [0.3, 0.4) is 0 Å². The third kappa shape index (κ3) is 5.90. The Labute approximate surface area is 172 Å². The summed E-state index contributed by atoms with van der Waals surface area (Å²) >= 11 is 0. The predicted molar refractivity (Wildman–Crippen MR) is 114 cm³/mol. The molecule has 0 aliphatic carbocycles. The van der Waals surface area contributed by atoms with Crippen LogP contribution in [-0.4, -0.2) is 58.9 Å². The molecule has 1 aromatic heterocycles. The topological polar surface area (TPSA) is 72.3 Å². The molecular formula is C22H31N5O2. The maximum absolute atomic E-state index is 11.7. The summed E-state index contributed by atoms with van der Waals surface area (Å²) in [6.45, 7) is 8.12. The van der Waals surface area contributed by atoms with Gasteiger partial charge in [0, 0.05) is 51.5 Å². The van der Waals surface area contributed by atoms with Gasteiger partial charge in [-0.05, 0) is 17.7 Å². The lowest BCUT2D eigenvalue weighted by atomic mass is 10.2. The second-order valence-corrected chi connectivity index (χ2v) is 7.61. The molecule has 2 heterocycles. The number of carbonyl (C=O) groups excluding carboxylic acids is 1. The summed E-state index contributed by atoms with van der Waals surface area (Å²) in [5, 5.41) is 11.7. The highest BCUT2D eigenvalue weighted by Gasteiger charge is 2.18. The zero-order chi connectivity index (χ0) is 20.6. The smallest absolute Gasteiger partial charge is 0.222 e. The van der Waals surface area contributed by atoms with Crippen molar-refractivity contribution in [2.24, 2.45) is 5.92 Å². The van der Waals surface area contributed by atoms with E-state index in [2.05, 4.69) is 49.3 Å². The standard InChI is InChI=1S/C22H31N5O2/c1-17(2)22(28)23-12-10-20-24-25-21-11-14-26(15-16-27(20)21)13-4-5-18-6-8-19(29-3)9-7-18/h4-9,17H,10-16H2,1-3H3,(H,23,28)/b5-4+. The SMILES string of the molecule is COc1ccc(/C=C/CN2CCc3nnc(CCNC(=O)C(C)C)n3CC2)cc1. The molecule has 7 nitrogen and oxygen atoms in total. The van der Waals surface area contributed by atoms with Crippen molar-refractivity contribution < 1.29 is 9.53 Å². The van der Waals surface area contributed by atoms with Gasteiger partial charge in [0.15, 0.2) is 0 Å². The average molecular weight is 398 g/mol. The first-order valence-corrected chi connectivity index (χ1v) is 10.3. The molecule has 1 aromatic carbocycles. The molecule has 0 fully saturated rings. The maximum Gasteiger partial charge on any atom is 0.222 e. The first-order valence-electron chi connectivity index (χ1n) is 10.3. The Bertz CT molecular complexity index is 826. The van der Waals surface area contributed by atoms with Gasteiger partial charge in [-0.2, -0.15) is 0 Å². The van der Waals surface area contributed by atoms with Gasteiger partial charge < -0.3 is 14.6 Å². The molecular weight excluding hydrogens is 366 g/mol. The minimum absolute atomic E-state index is 0.00467. The number of aromatic nitrogens is 3. The molecule has 156 valence electrons. The fourth-order valence-corrected chi connectivity index (χ4v) is 3.35. The summed E-state index contributed by atoms with van der Waals surface area (Å²) < 4.78 is 7.41. The van der Waals surface area contributed by atoms with E-state index in [0.717, 1.165) is 50.0 Å².